The number of carbonyl (C=O) groups is 2. The molecule has 2 aromatic heterocycles. The summed E-state index contributed by atoms with van der Waals surface area (Å²) in [6.45, 7) is 40.4. The number of hydrogen-bond donors (Lipinski definition) is 0. The first-order valence-corrected chi connectivity index (χ1v) is 28.7. The number of carbonyl (C=O) groups excluding carboxylic acids is 2. The number of alkyl halides is 6. The van der Waals surface area contributed by atoms with Crippen LogP contribution in [0.3, 0.4) is 0 Å². The number of halogens is 6. The van der Waals surface area contributed by atoms with Gasteiger partial charge in [0.05, 0.1) is 0 Å². The van der Waals surface area contributed by atoms with Crippen molar-refractivity contribution in [1.29, 1.82) is 0 Å². The van der Waals surface area contributed by atoms with Crippen LogP contribution in [0.5, 0.6) is 0 Å². The molecule has 4 aromatic carbocycles. The van der Waals surface area contributed by atoms with Crippen LogP contribution in [0.15, 0.2) is 109 Å². The van der Waals surface area contributed by atoms with Crippen molar-refractivity contribution < 1.29 is 88.3 Å². The van der Waals surface area contributed by atoms with Crippen molar-refractivity contribution in [3.8, 4) is 22.5 Å². The molecule has 16 heteroatoms. The van der Waals surface area contributed by atoms with Crippen LogP contribution in [-0.2, 0) is 51.7 Å². The van der Waals surface area contributed by atoms with Gasteiger partial charge >= 0.3 is 54.5 Å². The molecule has 6 rings (SSSR count). The molecule has 0 aliphatic heterocycles. The fraction of sp³-hybridized carbons (Fsp3) is 0.471. The van der Waals surface area contributed by atoms with E-state index < -0.39 is 24.3 Å². The monoisotopic (exact) mass is 1330 g/mol. The average molecular weight is 1330 g/mol. The second-order valence-electron chi connectivity index (χ2n) is 22.7. The minimum absolute atomic E-state index is 0. The molecule has 0 N–H and O–H groups in total. The maximum Gasteiger partial charge on any atom is 2.00 e. The minimum atomic E-state index is -5.19. The topological polar surface area (TPSA) is 134 Å². The zero-order valence-corrected chi connectivity index (χ0v) is 56.4. The molecule has 458 valence electrons. The summed E-state index contributed by atoms with van der Waals surface area (Å²) in [5.41, 5.74) is 17.3. The summed E-state index contributed by atoms with van der Waals surface area (Å²) in [5.74, 6) is -1.07. The van der Waals surface area contributed by atoms with Crippen LogP contribution in [0, 0.1) is 0 Å². The second-order valence-corrected chi connectivity index (χ2v) is 22.7. The third-order valence-electron chi connectivity index (χ3n) is 13.3. The zero-order valence-electron chi connectivity index (χ0n) is 52.3. The molecule has 0 aliphatic rings. The van der Waals surface area contributed by atoms with E-state index in [1.54, 1.807) is 0 Å². The molecule has 6 aromatic rings. The number of hydrogen-bond acceptors (Lipinski definition) is 6. The maximum atomic E-state index is 10.5. The number of pyridine rings is 2. The fourth-order valence-electron chi connectivity index (χ4n) is 8.95. The summed E-state index contributed by atoms with van der Waals surface area (Å²) in [7, 11) is 0. The van der Waals surface area contributed by atoms with E-state index in [0.717, 1.165) is 34.4 Å². The molecule has 0 aliphatic carbocycles. The van der Waals surface area contributed by atoms with E-state index in [4.69, 9.17) is 40.4 Å². The molecule has 0 amide bonds. The van der Waals surface area contributed by atoms with Crippen molar-refractivity contribution >= 4 is 34.9 Å². The first-order chi connectivity index (χ1) is 38.2. The van der Waals surface area contributed by atoms with Gasteiger partial charge in [0.2, 0.25) is 0 Å². The summed E-state index contributed by atoms with van der Waals surface area (Å²) in [5, 5.41) is 27.8. The Bertz CT molecular complexity index is 2640. The Labute approximate surface area is 526 Å². The number of unbranched alkanes of at least 4 members (excludes halogenated alkanes) is 3. The van der Waals surface area contributed by atoms with E-state index in [1.807, 2.05) is 12.1 Å². The molecular weight excluding hydrogens is 1240 g/mol. The van der Waals surface area contributed by atoms with Gasteiger partial charge in [-0.3, -0.25) is 0 Å². The van der Waals surface area contributed by atoms with Gasteiger partial charge < -0.3 is 40.4 Å². The maximum absolute atomic E-state index is 10.5. The van der Waals surface area contributed by atoms with Crippen molar-refractivity contribution in [2.75, 3.05) is 0 Å². The fourth-order valence-corrected chi connectivity index (χ4v) is 8.95. The molecule has 8 nitrogen and oxygen atoms in total. The number of para-hydroxylation sites is 2. The van der Waals surface area contributed by atoms with Gasteiger partial charge in [-0.2, -0.15) is 26.3 Å². The van der Waals surface area contributed by atoms with Gasteiger partial charge in [-0.25, -0.2) is 0 Å². The number of aliphatic carboxylic acids is 2. The van der Waals surface area contributed by atoms with Crippen LogP contribution in [0.1, 0.15) is 242 Å². The standard InChI is InChI=1S/2C29H37N2.C6H14.2C2HF3O2.2Mo/c2*1-18(2)22-12-9-13-23(19(3)4)28(22)26-16-11-17-27(30-26)31-29-24(20(5)6)14-10-15-25(29)21(7)8;1-3-5-6-4-2;2*3-2(4,5)1(6)7;;/h2*9-21H,1-8H3;3-6H2,1-2H3;2*(H,6,7);;/q2*-1;;;;2*+2/p-2. The van der Waals surface area contributed by atoms with E-state index in [-0.39, 0.29) is 42.1 Å². The third-order valence-corrected chi connectivity index (χ3v) is 13.3. The van der Waals surface area contributed by atoms with Crippen molar-refractivity contribution in [3.05, 3.63) is 164 Å². The molecule has 0 bridgehead atoms. The Hall–Kier alpha value is -5.32. The summed E-state index contributed by atoms with van der Waals surface area (Å²) in [4.78, 5) is 27.7. The first kappa shape index (κ1) is 78.7. The van der Waals surface area contributed by atoms with Gasteiger partial charge in [0.25, 0.3) is 0 Å². The van der Waals surface area contributed by atoms with Crippen LogP contribution in [0.4, 0.5) is 49.4 Å². The first-order valence-electron chi connectivity index (χ1n) is 28.7. The van der Waals surface area contributed by atoms with Gasteiger partial charge in [0, 0.05) is 0 Å². The van der Waals surface area contributed by atoms with E-state index in [9.17, 15) is 26.3 Å². The van der Waals surface area contributed by atoms with E-state index in [1.165, 1.54) is 81.3 Å². The predicted octanol–water partition coefficient (Wildman–Crippen LogP) is 20.3. The second kappa shape index (κ2) is 37.3. The molecule has 84 heavy (non-hydrogen) atoms. The van der Waals surface area contributed by atoms with Crippen LogP contribution in [0.2, 0.25) is 0 Å². The van der Waals surface area contributed by atoms with Gasteiger partial charge in [0.15, 0.2) is 0 Å². The number of benzene rings is 4. The zero-order chi connectivity index (χ0) is 62.4. The molecule has 0 spiro atoms. The van der Waals surface area contributed by atoms with Crippen LogP contribution in [-0.4, -0.2) is 34.3 Å². The van der Waals surface area contributed by atoms with Gasteiger partial charge in [-0.15, -0.1) is 0 Å². The Morgan fingerprint density at radius 3 is 0.750 bits per heavy atom. The van der Waals surface area contributed by atoms with Crippen LogP contribution >= 0.6 is 0 Å². The Morgan fingerprint density at radius 1 is 0.381 bits per heavy atom. The molecule has 0 unspecified atom stereocenters. The van der Waals surface area contributed by atoms with Crippen molar-refractivity contribution in [2.24, 2.45) is 0 Å². The van der Waals surface area contributed by atoms with Gasteiger partial charge in [-0.1, -0.05) is 271 Å². The molecule has 0 radical (unpaired) electrons. The van der Waals surface area contributed by atoms with Crippen molar-refractivity contribution in [1.82, 2.24) is 9.97 Å². The predicted molar refractivity (Wildman–Crippen MR) is 322 cm³/mol. The van der Waals surface area contributed by atoms with Gasteiger partial charge in [0.1, 0.15) is 11.9 Å². The molecule has 0 saturated carbocycles. The van der Waals surface area contributed by atoms with Crippen LogP contribution in [0.25, 0.3) is 33.1 Å². The SMILES string of the molecule is CC(C)c1cccc(C(C)C)c1[N-]c1cccc(-c2c(C(C)C)cccc2C(C)C)n1.CC(C)c1cccc(C(C)C)c1[N-]c1cccc(-c2c(C(C)C)cccc2C(C)C)n1.CCCCCC.O=C([O-])C(F)(F)F.O=C([O-])C(F)(F)F.[Mo+2].[Mo+2]. The smallest absolute Gasteiger partial charge is 0.542 e. The Morgan fingerprint density at radius 2 is 0.571 bits per heavy atom. The van der Waals surface area contributed by atoms with Crippen molar-refractivity contribution in [3.63, 3.8) is 0 Å². The van der Waals surface area contributed by atoms with Crippen LogP contribution < -0.4 is 10.2 Å². The summed E-state index contributed by atoms with van der Waals surface area (Å²) < 4.78 is 63.1. The number of carboxylic acids is 2. The molecule has 0 atom stereocenters. The number of carboxylic acid groups (broad SMARTS) is 2. The number of aromatic nitrogens is 2. The molecule has 0 fully saturated rings. The molecule has 0 saturated heterocycles. The number of rotatable bonds is 17. The third kappa shape index (κ3) is 24.6. The summed E-state index contributed by atoms with van der Waals surface area (Å²) in [6, 6.07) is 38.9. The average Bonchev–Trinajstić information content (AvgIpc) is 3.39. The minimum Gasteiger partial charge on any atom is -0.542 e. The molecular formula is C68H88F6Mo2N4O4. The molecule has 2 heterocycles. The Kier molecular flexibility index (Phi) is 34.9. The van der Waals surface area contributed by atoms with Crippen molar-refractivity contribution in [2.45, 2.75) is 210 Å². The summed E-state index contributed by atoms with van der Waals surface area (Å²) >= 11 is 0. The van der Waals surface area contributed by atoms with Gasteiger partial charge in [-0.05, 0) is 126 Å². The van der Waals surface area contributed by atoms with E-state index in [0.29, 0.717) is 47.3 Å². The number of nitrogens with zero attached hydrogens (tertiary/aromatic N) is 4. The summed E-state index contributed by atoms with van der Waals surface area (Å²) in [6.07, 6.45) is -4.85. The largest absolute Gasteiger partial charge is 2.00 e. The quantitative estimate of drug-likeness (QED) is 0.0507. The normalized spacial score (nSPS) is 11.2. The Balaban J connectivity index is 0.00000122. The van der Waals surface area contributed by atoms with E-state index >= 15 is 0 Å². The van der Waals surface area contributed by atoms with E-state index in [2.05, 4.69) is 222 Å².